The van der Waals surface area contributed by atoms with E-state index in [1.165, 1.54) is 0 Å². The number of aryl methyl sites for hydroxylation is 1. The van der Waals surface area contributed by atoms with Crippen LogP contribution in [0.3, 0.4) is 0 Å². The Hall–Kier alpha value is -0.960. The summed E-state index contributed by atoms with van der Waals surface area (Å²) < 4.78 is 5.42. The fraction of sp³-hybridized carbons (Fsp3) is 0.375. The van der Waals surface area contributed by atoms with Gasteiger partial charge in [0.25, 0.3) is 0 Å². The lowest BCUT2D eigenvalue weighted by Gasteiger charge is -2.18. The quantitative estimate of drug-likeness (QED) is 0.795. The van der Waals surface area contributed by atoms with Crippen LogP contribution in [0.1, 0.15) is 36.3 Å². The van der Waals surface area contributed by atoms with Gasteiger partial charge in [-0.1, -0.05) is 42.3 Å². The summed E-state index contributed by atoms with van der Waals surface area (Å²) in [5.41, 5.74) is 2.19. The van der Waals surface area contributed by atoms with Crippen molar-refractivity contribution in [2.45, 2.75) is 32.7 Å². The van der Waals surface area contributed by atoms with Gasteiger partial charge in [-0.3, -0.25) is 0 Å². The number of halogens is 2. The van der Waals surface area contributed by atoms with Crippen molar-refractivity contribution in [3.05, 3.63) is 57.5 Å². The Morgan fingerprint density at radius 3 is 2.75 bits per heavy atom. The van der Waals surface area contributed by atoms with Crippen molar-refractivity contribution in [3.8, 4) is 0 Å². The van der Waals surface area contributed by atoms with E-state index in [-0.39, 0.29) is 6.04 Å². The molecule has 0 radical (unpaired) electrons. The van der Waals surface area contributed by atoms with Crippen LogP contribution in [0.25, 0.3) is 0 Å². The molecular formula is C16H19Cl2NO. The number of benzene rings is 1. The summed E-state index contributed by atoms with van der Waals surface area (Å²) in [6, 6.07) is 8.00. The van der Waals surface area contributed by atoms with Gasteiger partial charge in [-0.25, -0.2) is 0 Å². The minimum absolute atomic E-state index is 0.184. The van der Waals surface area contributed by atoms with Crippen LogP contribution in [0.4, 0.5) is 0 Å². The minimum Gasteiger partial charge on any atom is -0.469 e. The predicted molar refractivity (Wildman–Crippen MR) is 84.6 cm³/mol. The molecule has 0 saturated heterocycles. The van der Waals surface area contributed by atoms with Crippen LogP contribution in [0.15, 0.2) is 34.9 Å². The van der Waals surface area contributed by atoms with Gasteiger partial charge in [0.05, 0.1) is 16.3 Å². The topological polar surface area (TPSA) is 25.2 Å². The number of hydrogen-bond donors (Lipinski definition) is 1. The van der Waals surface area contributed by atoms with Crippen molar-refractivity contribution in [3.63, 3.8) is 0 Å². The average Bonchev–Trinajstić information content (AvgIpc) is 2.86. The molecule has 2 aromatic rings. The molecule has 0 aliphatic carbocycles. The summed E-state index contributed by atoms with van der Waals surface area (Å²) >= 11 is 12.4. The van der Waals surface area contributed by atoms with Crippen molar-refractivity contribution in [2.75, 3.05) is 6.54 Å². The Kier molecular flexibility index (Phi) is 5.53. The van der Waals surface area contributed by atoms with Crippen molar-refractivity contribution in [1.82, 2.24) is 5.32 Å². The molecule has 1 aromatic heterocycles. The van der Waals surface area contributed by atoms with Crippen LogP contribution < -0.4 is 5.32 Å². The zero-order valence-corrected chi connectivity index (χ0v) is 13.3. The van der Waals surface area contributed by atoms with Gasteiger partial charge < -0.3 is 9.73 Å². The largest absolute Gasteiger partial charge is 0.469 e. The molecule has 1 aromatic carbocycles. The standard InChI is InChI=1S/C16H19Cl2NO/c1-3-7-19-15(13-8-11(2)20-10-13)9-12-5-4-6-14(17)16(12)18/h4-6,8,10,15,19H,3,7,9H2,1-2H3. The van der Waals surface area contributed by atoms with Gasteiger partial charge in [0.2, 0.25) is 0 Å². The van der Waals surface area contributed by atoms with E-state index in [1.54, 1.807) is 6.26 Å². The normalized spacial score (nSPS) is 12.6. The van der Waals surface area contributed by atoms with Gasteiger partial charge in [0.1, 0.15) is 5.76 Å². The monoisotopic (exact) mass is 311 g/mol. The maximum absolute atomic E-state index is 6.28. The van der Waals surface area contributed by atoms with Crippen molar-refractivity contribution < 1.29 is 4.42 Å². The molecule has 1 N–H and O–H groups in total. The van der Waals surface area contributed by atoms with Gasteiger partial charge in [0, 0.05) is 11.6 Å². The molecule has 0 aliphatic rings. The number of rotatable bonds is 6. The Labute approximate surface area is 130 Å². The summed E-state index contributed by atoms with van der Waals surface area (Å²) in [5, 5.41) is 4.77. The maximum Gasteiger partial charge on any atom is 0.101 e. The van der Waals surface area contributed by atoms with E-state index < -0.39 is 0 Å². The van der Waals surface area contributed by atoms with E-state index in [4.69, 9.17) is 27.6 Å². The number of furan rings is 1. The molecule has 0 aliphatic heterocycles. The molecular weight excluding hydrogens is 293 g/mol. The van der Waals surface area contributed by atoms with E-state index >= 15 is 0 Å². The molecule has 4 heteroatoms. The molecule has 1 heterocycles. The van der Waals surface area contributed by atoms with E-state index in [9.17, 15) is 0 Å². The van der Waals surface area contributed by atoms with Crippen molar-refractivity contribution >= 4 is 23.2 Å². The smallest absolute Gasteiger partial charge is 0.101 e. The van der Waals surface area contributed by atoms with E-state index in [0.717, 1.165) is 36.3 Å². The summed E-state index contributed by atoms with van der Waals surface area (Å²) in [7, 11) is 0. The Morgan fingerprint density at radius 2 is 2.10 bits per heavy atom. The van der Waals surface area contributed by atoms with Crippen LogP contribution in [0.5, 0.6) is 0 Å². The molecule has 20 heavy (non-hydrogen) atoms. The second-order valence-electron chi connectivity index (χ2n) is 4.91. The van der Waals surface area contributed by atoms with E-state index in [0.29, 0.717) is 10.0 Å². The Balaban J connectivity index is 2.21. The lowest BCUT2D eigenvalue weighted by molar-refractivity contribution is 0.503. The molecule has 1 atom stereocenters. The first kappa shape index (κ1) is 15.4. The zero-order valence-electron chi connectivity index (χ0n) is 11.7. The first-order chi connectivity index (χ1) is 9.61. The first-order valence-corrected chi connectivity index (χ1v) is 7.58. The Bertz CT molecular complexity index is 565. The number of nitrogens with one attached hydrogen (secondary N) is 1. The van der Waals surface area contributed by atoms with Gasteiger partial charge in [-0.05, 0) is 44.0 Å². The summed E-state index contributed by atoms with van der Waals surface area (Å²) in [4.78, 5) is 0. The van der Waals surface area contributed by atoms with Crippen molar-refractivity contribution in [2.24, 2.45) is 0 Å². The highest BCUT2D eigenvalue weighted by molar-refractivity contribution is 6.42. The average molecular weight is 312 g/mol. The molecule has 2 rings (SSSR count). The first-order valence-electron chi connectivity index (χ1n) is 6.83. The lowest BCUT2D eigenvalue weighted by atomic mass is 10.0. The summed E-state index contributed by atoms with van der Waals surface area (Å²) in [6.45, 7) is 5.05. The highest BCUT2D eigenvalue weighted by atomic mass is 35.5. The highest BCUT2D eigenvalue weighted by Crippen LogP contribution is 2.29. The van der Waals surface area contributed by atoms with E-state index in [2.05, 4.69) is 18.3 Å². The Morgan fingerprint density at radius 1 is 1.30 bits per heavy atom. The molecule has 2 nitrogen and oxygen atoms in total. The molecule has 0 fully saturated rings. The maximum atomic E-state index is 6.28. The molecule has 0 amide bonds. The lowest BCUT2D eigenvalue weighted by Crippen LogP contribution is -2.23. The SMILES string of the molecule is CCCNC(Cc1cccc(Cl)c1Cl)c1coc(C)c1. The van der Waals surface area contributed by atoms with Crippen molar-refractivity contribution in [1.29, 1.82) is 0 Å². The summed E-state index contributed by atoms with van der Waals surface area (Å²) in [6.07, 6.45) is 3.68. The van der Waals surface area contributed by atoms with E-state index in [1.807, 2.05) is 25.1 Å². The van der Waals surface area contributed by atoms with Gasteiger partial charge in [0.15, 0.2) is 0 Å². The third-order valence-electron chi connectivity index (χ3n) is 3.25. The van der Waals surface area contributed by atoms with Crippen LogP contribution in [-0.2, 0) is 6.42 Å². The van der Waals surface area contributed by atoms with Crippen LogP contribution >= 0.6 is 23.2 Å². The molecule has 0 saturated carbocycles. The third-order valence-corrected chi connectivity index (χ3v) is 4.11. The third kappa shape index (κ3) is 3.78. The minimum atomic E-state index is 0.184. The summed E-state index contributed by atoms with van der Waals surface area (Å²) in [5.74, 6) is 0.917. The highest BCUT2D eigenvalue weighted by Gasteiger charge is 2.16. The molecule has 108 valence electrons. The van der Waals surface area contributed by atoms with Gasteiger partial charge in [-0.15, -0.1) is 0 Å². The van der Waals surface area contributed by atoms with Crippen LogP contribution in [0.2, 0.25) is 10.0 Å². The second-order valence-corrected chi connectivity index (χ2v) is 5.70. The molecule has 0 spiro atoms. The zero-order chi connectivity index (χ0) is 14.5. The fourth-order valence-corrected chi connectivity index (χ4v) is 2.60. The number of hydrogen-bond acceptors (Lipinski definition) is 2. The predicted octanol–water partition coefficient (Wildman–Crippen LogP) is 5.18. The van der Waals surface area contributed by atoms with Crippen LogP contribution in [0, 0.1) is 6.92 Å². The van der Waals surface area contributed by atoms with Gasteiger partial charge >= 0.3 is 0 Å². The molecule has 1 unspecified atom stereocenters. The van der Waals surface area contributed by atoms with Crippen LogP contribution in [-0.4, -0.2) is 6.54 Å². The van der Waals surface area contributed by atoms with Gasteiger partial charge in [-0.2, -0.15) is 0 Å². The second kappa shape index (κ2) is 7.16. The fourth-order valence-electron chi connectivity index (χ4n) is 2.20. The molecule has 0 bridgehead atoms.